The molecule has 2 N–H and O–H groups in total. The van der Waals surface area contributed by atoms with E-state index < -0.39 is 0 Å². The number of aliphatic imine (C=N–C) groups is 1. The molecule has 0 atom stereocenters. The summed E-state index contributed by atoms with van der Waals surface area (Å²) in [7, 11) is 6.49. The summed E-state index contributed by atoms with van der Waals surface area (Å²) in [5.74, 6) is 4.03. The smallest absolute Gasteiger partial charge is 0.228 e. The van der Waals surface area contributed by atoms with Crippen molar-refractivity contribution in [3.63, 3.8) is 0 Å². The fourth-order valence-electron chi connectivity index (χ4n) is 2.54. The van der Waals surface area contributed by atoms with Crippen molar-refractivity contribution in [3.8, 4) is 17.2 Å². The third-order valence-electron chi connectivity index (χ3n) is 4.04. The lowest BCUT2D eigenvalue weighted by Crippen LogP contribution is -2.37. The standard InChI is InChI=1S/C19H29N5O4.HI/c1-12(2)18-23-16(28-24-18)7-8-21-19(20-3)22-11-13-9-14(25-4)17(27-6)15(10-13)26-5;/h9-10,12H,7-8,11H2,1-6H3,(H2,20,21,22);1H. The molecule has 162 valence electrons. The first-order chi connectivity index (χ1) is 13.5. The minimum atomic E-state index is 0. The fourth-order valence-corrected chi connectivity index (χ4v) is 2.54. The number of rotatable bonds is 9. The molecule has 0 spiro atoms. The van der Waals surface area contributed by atoms with Crippen molar-refractivity contribution in [3.05, 3.63) is 29.4 Å². The van der Waals surface area contributed by atoms with E-state index in [9.17, 15) is 0 Å². The van der Waals surface area contributed by atoms with E-state index in [-0.39, 0.29) is 29.9 Å². The third kappa shape index (κ3) is 6.94. The van der Waals surface area contributed by atoms with Gasteiger partial charge in [0.05, 0.1) is 21.3 Å². The van der Waals surface area contributed by atoms with Gasteiger partial charge in [-0.15, -0.1) is 24.0 Å². The number of nitrogens with zero attached hydrogens (tertiary/aromatic N) is 3. The number of benzene rings is 1. The Morgan fingerprint density at radius 2 is 1.76 bits per heavy atom. The highest BCUT2D eigenvalue weighted by Crippen LogP contribution is 2.38. The lowest BCUT2D eigenvalue weighted by molar-refractivity contribution is 0.323. The Labute approximate surface area is 188 Å². The summed E-state index contributed by atoms with van der Waals surface area (Å²) in [4.78, 5) is 8.59. The van der Waals surface area contributed by atoms with Gasteiger partial charge in [-0.2, -0.15) is 4.98 Å². The highest BCUT2D eigenvalue weighted by atomic mass is 127. The number of nitrogens with one attached hydrogen (secondary N) is 2. The number of guanidine groups is 1. The first-order valence-corrected chi connectivity index (χ1v) is 9.08. The number of ether oxygens (including phenoxy) is 3. The minimum absolute atomic E-state index is 0. The van der Waals surface area contributed by atoms with Crippen LogP contribution in [-0.4, -0.2) is 51.0 Å². The second-order valence-corrected chi connectivity index (χ2v) is 6.34. The Hall–Kier alpha value is -2.24. The molecule has 0 bridgehead atoms. The van der Waals surface area contributed by atoms with Gasteiger partial charge in [0, 0.05) is 32.5 Å². The van der Waals surface area contributed by atoms with E-state index in [0.29, 0.717) is 48.6 Å². The monoisotopic (exact) mass is 519 g/mol. The van der Waals surface area contributed by atoms with Gasteiger partial charge in [0.15, 0.2) is 23.3 Å². The molecule has 1 aromatic carbocycles. The van der Waals surface area contributed by atoms with Crippen LogP contribution in [0.2, 0.25) is 0 Å². The molecule has 29 heavy (non-hydrogen) atoms. The average molecular weight is 519 g/mol. The number of hydrogen-bond donors (Lipinski definition) is 2. The molecule has 0 unspecified atom stereocenters. The van der Waals surface area contributed by atoms with E-state index >= 15 is 0 Å². The molecule has 0 saturated carbocycles. The Balaban J connectivity index is 0.00000420. The van der Waals surface area contributed by atoms with Crippen molar-refractivity contribution in [1.82, 2.24) is 20.8 Å². The molecule has 0 amide bonds. The van der Waals surface area contributed by atoms with Crippen molar-refractivity contribution in [1.29, 1.82) is 0 Å². The molecule has 0 aliphatic rings. The predicted molar refractivity (Wildman–Crippen MR) is 122 cm³/mol. The van der Waals surface area contributed by atoms with Gasteiger partial charge in [-0.1, -0.05) is 19.0 Å². The molecule has 0 aliphatic carbocycles. The Kier molecular flexibility index (Phi) is 10.6. The second-order valence-electron chi connectivity index (χ2n) is 6.34. The van der Waals surface area contributed by atoms with Gasteiger partial charge in [0.1, 0.15) is 0 Å². The summed E-state index contributed by atoms with van der Waals surface area (Å²) >= 11 is 0. The van der Waals surface area contributed by atoms with Gasteiger partial charge >= 0.3 is 0 Å². The summed E-state index contributed by atoms with van der Waals surface area (Å²) < 4.78 is 21.4. The summed E-state index contributed by atoms with van der Waals surface area (Å²) in [6, 6.07) is 3.79. The molecule has 0 fully saturated rings. The molecular formula is C19H30IN5O4. The topological polar surface area (TPSA) is 103 Å². The fraction of sp³-hybridized carbons (Fsp3) is 0.526. The Morgan fingerprint density at radius 1 is 1.10 bits per heavy atom. The van der Waals surface area contributed by atoms with Gasteiger partial charge in [-0.3, -0.25) is 4.99 Å². The van der Waals surface area contributed by atoms with Gasteiger partial charge in [-0.05, 0) is 17.7 Å². The lowest BCUT2D eigenvalue weighted by atomic mass is 10.2. The molecular weight excluding hydrogens is 489 g/mol. The molecule has 0 saturated heterocycles. The average Bonchev–Trinajstić information content (AvgIpc) is 3.18. The van der Waals surface area contributed by atoms with Crippen LogP contribution in [0.3, 0.4) is 0 Å². The van der Waals surface area contributed by atoms with E-state index in [4.69, 9.17) is 18.7 Å². The zero-order valence-corrected chi connectivity index (χ0v) is 20.1. The number of aromatic nitrogens is 2. The van der Waals surface area contributed by atoms with Crippen molar-refractivity contribution in [2.24, 2.45) is 4.99 Å². The highest BCUT2D eigenvalue weighted by Gasteiger charge is 2.13. The first-order valence-electron chi connectivity index (χ1n) is 9.08. The van der Waals surface area contributed by atoms with Gasteiger partial charge < -0.3 is 29.4 Å². The molecule has 0 aliphatic heterocycles. The van der Waals surface area contributed by atoms with Gasteiger partial charge in [0.2, 0.25) is 11.6 Å². The first kappa shape index (κ1) is 24.8. The van der Waals surface area contributed by atoms with Crippen LogP contribution < -0.4 is 24.8 Å². The van der Waals surface area contributed by atoms with Gasteiger partial charge in [-0.25, -0.2) is 0 Å². The maximum atomic E-state index is 5.38. The minimum Gasteiger partial charge on any atom is -0.493 e. The molecule has 10 heteroatoms. The zero-order chi connectivity index (χ0) is 20.5. The van der Waals surface area contributed by atoms with E-state index in [2.05, 4.69) is 25.8 Å². The highest BCUT2D eigenvalue weighted by molar-refractivity contribution is 14.0. The molecule has 1 heterocycles. The SMILES string of the molecule is CN=C(NCCc1nc(C(C)C)no1)NCc1cc(OC)c(OC)c(OC)c1.I. The van der Waals surface area contributed by atoms with Crippen LogP contribution >= 0.6 is 24.0 Å². The second kappa shape index (κ2) is 12.3. The van der Waals surface area contributed by atoms with Crippen molar-refractivity contribution >= 4 is 29.9 Å². The molecule has 2 rings (SSSR count). The van der Waals surface area contributed by atoms with Crippen LogP contribution in [0.15, 0.2) is 21.6 Å². The van der Waals surface area contributed by atoms with E-state index in [1.807, 2.05) is 26.0 Å². The maximum Gasteiger partial charge on any atom is 0.228 e. The largest absolute Gasteiger partial charge is 0.493 e. The lowest BCUT2D eigenvalue weighted by Gasteiger charge is -2.15. The van der Waals surface area contributed by atoms with Crippen LogP contribution in [0, 0.1) is 0 Å². The van der Waals surface area contributed by atoms with E-state index in [1.165, 1.54) is 0 Å². The summed E-state index contributed by atoms with van der Waals surface area (Å²) in [5.41, 5.74) is 0.968. The molecule has 1 aromatic heterocycles. The van der Waals surface area contributed by atoms with Crippen LogP contribution in [-0.2, 0) is 13.0 Å². The van der Waals surface area contributed by atoms with Crippen LogP contribution in [0.1, 0.15) is 37.0 Å². The van der Waals surface area contributed by atoms with Crippen molar-refractivity contribution in [2.75, 3.05) is 34.9 Å². The van der Waals surface area contributed by atoms with Crippen LogP contribution in [0.25, 0.3) is 0 Å². The molecule has 2 aromatic rings. The van der Waals surface area contributed by atoms with Gasteiger partial charge in [0.25, 0.3) is 0 Å². The van der Waals surface area contributed by atoms with Crippen LogP contribution in [0.5, 0.6) is 17.2 Å². The Morgan fingerprint density at radius 3 is 2.24 bits per heavy atom. The normalized spacial score (nSPS) is 11.1. The van der Waals surface area contributed by atoms with Crippen molar-refractivity contribution < 1.29 is 18.7 Å². The van der Waals surface area contributed by atoms with Crippen LogP contribution in [0.4, 0.5) is 0 Å². The van der Waals surface area contributed by atoms with Crippen molar-refractivity contribution in [2.45, 2.75) is 32.7 Å². The third-order valence-corrected chi connectivity index (χ3v) is 4.04. The zero-order valence-electron chi connectivity index (χ0n) is 17.7. The van der Waals surface area contributed by atoms with E-state index in [1.54, 1.807) is 28.4 Å². The maximum absolute atomic E-state index is 5.38. The quantitative estimate of drug-likeness (QED) is 0.296. The number of hydrogen-bond acceptors (Lipinski definition) is 7. The summed E-state index contributed by atoms with van der Waals surface area (Å²) in [6.45, 7) is 5.21. The van der Waals surface area contributed by atoms with E-state index in [0.717, 1.165) is 11.4 Å². The number of halogens is 1. The molecule has 0 radical (unpaired) electrons. The Bertz CT molecular complexity index is 770. The molecule has 9 nitrogen and oxygen atoms in total. The number of methoxy groups -OCH3 is 3. The predicted octanol–water partition coefficient (Wildman–Crippen LogP) is 2.74. The summed E-state index contributed by atoms with van der Waals surface area (Å²) in [6.07, 6.45) is 0.616. The summed E-state index contributed by atoms with van der Waals surface area (Å²) in [5, 5.41) is 10.4.